The van der Waals surface area contributed by atoms with E-state index in [-0.39, 0.29) is 37.3 Å². The van der Waals surface area contributed by atoms with Crippen molar-refractivity contribution in [2.45, 2.75) is 6.42 Å². The van der Waals surface area contributed by atoms with Gasteiger partial charge >= 0.3 is 5.97 Å². The largest absolute Gasteiger partial charge is 0.481 e. The van der Waals surface area contributed by atoms with Crippen molar-refractivity contribution in [2.24, 2.45) is 5.92 Å². The lowest BCUT2D eigenvalue weighted by Crippen LogP contribution is -2.30. The second kappa shape index (κ2) is 7.42. The van der Waals surface area contributed by atoms with Gasteiger partial charge in [0.15, 0.2) is 0 Å². The van der Waals surface area contributed by atoms with Crippen LogP contribution in [0.2, 0.25) is 0 Å². The number of hydrogen-bond donors (Lipinski definition) is 1. The molecule has 1 fully saturated rings. The summed E-state index contributed by atoms with van der Waals surface area (Å²) in [5, 5.41) is 10.8. The topological polar surface area (TPSA) is 70.5 Å². The normalized spacial score (nSPS) is 16.7. The second-order valence-corrected chi connectivity index (χ2v) is 4.96. The van der Waals surface area contributed by atoms with Crippen LogP contribution in [-0.2, 0) is 4.79 Å². The minimum absolute atomic E-state index is 0. The number of halogens is 2. The molecule has 1 saturated heterocycles. The first-order chi connectivity index (χ1) is 9.66. The van der Waals surface area contributed by atoms with E-state index in [0.29, 0.717) is 18.7 Å². The van der Waals surface area contributed by atoms with Gasteiger partial charge in [0.1, 0.15) is 5.69 Å². The molecular weight excluding hydrogens is 327 g/mol. The predicted molar refractivity (Wildman–Crippen MR) is 87.9 cm³/mol. The van der Waals surface area contributed by atoms with Crippen LogP contribution >= 0.6 is 24.8 Å². The monoisotopic (exact) mass is 342 g/mol. The first-order valence-corrected chi connectivity index (χ1v) is 6.52. The molecule has 1 N–H and O–H groups in total. The minimum Gasteiger partial charge on any atom is -0.481 e. The molecule has 22 heavy (non-hydrogen) atoms. The van der Waals surface area contributed by atoms with Crippen LogP contribution in [0, 0.1) is 5.92 Å². The van der Waals surface area contributed by atoms with E-state index < -0.39 is 11.9 Å². The predicted octanol–water partition coefficient (Wildman–Crippen LogP) is 2.63. The number of carboxylic acid groups (broad SMARTS) is 1. The summed E-state index contributed by atoms with van der Waals surface area (Å²) in [6, 6.07) is 9.42. The van der Waals surface area contributed by atoms with Crippen molar-refractivity contribution in [2.75, 3.05) is 13.1 Å². The highest BCUT2D eigenvalue weighted by Crippen LogP contribution is 2.22. The van der Waals surface area contributed by atoms with E-state index in [9.17, 15) is 9.59 Å². The third kappa shape index (κ3) is 3.31. The smallest absolute Gasteiger partial charge is 0.308 e. The fourth-order valence-electron chi connectivity index (χ4n) is 2.59. The Morgan fingerprint density at radius 2 is 1.91 bits per heavy atom. The maximum Gasteiger partial charge on any atom is 0.308 e. The number of fused-ring (bicyclic) bond motifs is 1. The van der Waals surface area contributed by atoms with E-state index in [1.54, 1.807) is 11.1 Å². The summed E-state index contributed by atoms with van der Waals surface area (Å²) in [5.41, 5.74) is 0.397. The molecule has 1 aliphatic rings. The first kappa shape index (κ1) is 18.2. The van der Waals surface area contributed by atoms with E-state index in [0.717, 1.165) is 10.8 Å². The average Bonchev–Trinajstić information content (AvgIpc) is 2.96. The number of carbonyl (C=O) groups excluding carboxylic acids is 1. The van der Waals surface area contributed by atoms with Gasteiger partial charge in [-0.2, -0.15) is 0 Å². The van der Waals surface area contributed by atoms with Crippen molar-refractivity contribution in [1.82, 2.24) is 9.88 Å². The molecule has 2 aromatic rings. The van der Waals surface area contributed by atoms with Crippen molar-refractivity contribution in [1.29, 1.82) is 0 Å². The fraction of sp³-hybridized carbons (Fsp3) is 0.267. The Morgan fingerprint density at radius 3 is 2.59 bits per heavy atom. The van der Waals surface area contributed by atoms with E-state index in [2.05, 4.69) is 4.98 Å². The van der Waals surface area contributed by atoms with E-state index in [1.165, 1.54) is 0 Å². The highest BCUT2D eigenvalue weighted by Gasteiger charge is 2.32. The number of likely N-dealkylation sites (tertiary alicyclic amines) is 1. The van der Waals surface area contributed by atoms with Crippen LogP contribution in [0.3, 0.4) is 0 Å². The molecule has 7 heteroatoms. The zero-order valence-electron chi connectivity index (χ0n) is 11.6. The van der Waals surface area contributed by atoms with E-state index in [4.69, 9.17) is 5.11 Å². The maximum absolute atomic E-state index is 12.5. The number of aromatic nitrogens is 1. The third-order valence-electron chi connectivity index (χ3n) is 3.70. The summed E-state index contributed by atoms with van der Waals surface area (Å²) >= 11 is 0. The summed E-state index contributed by atoms with van der Waals surface area (Å²) in [4.78, 5) is 29.2. The molecule has 5 nitrogen and oxygen atoms in total. The van der Waals surface area contributed by atoms with Crippen molar-refractivity contribution >= 4 is 47.5 Å². The number of pyridine rings is 1. The average molecular weight is 343 g/mol. The van der Waals surface area contributed by atoms with Crippen LogP contribution in [0.1, 0.15) is 16.9 Å². The Labute approximate surface area is 140 Å². The molecular formula is C15H16Cl2N2O3. The zero-order valence-corrected chi connectivity index (χ0v) is 13.3. The fourth-order valence-corrected chi connectivity index (χ4v) is 2.59. The lowest BCUT2D eigenvalue weighted by molar-refractivity contribution is -0.141. The van der Waals surface area contributed by atoms with Crippen molar-refractivity contribution < 1.29 is 14.7 Å². The molecule has 0 spiro atoms. The van der Waals surface area contributed by atoms with Gasteiger partial charge in [0.25, 0.3) is 5.91 Å². The molecule has 118 valence electrons. The highest BCUT2D eigenvalue weighted by atomic mass is 35.5. The van der Waals surface area contributed by atoms with Crippen molar-refractivity contribution in [3.05, 3.63) is 42.2 Å². The van der Waals surface area contributed by atoms with E-state index >= 15 is 0 Å². The number of hydrogen-bond acceptors (Lipinski definition) is 3. The number of benzene rings is 1. The van der Waals surface area contributed by atoms with Gasteiger partial charge in [-0.25, -0.2) is 0 Å². The number of aliphatic carboxylic acids is 1. The van der Waals surface area contributed by atoms with Gasteiger partial charge in [-0.15, -0.1) is 24.8 Å². The standard InChI is InChI=1S/C15H14N2O3.2ClH/c18-14(17-8-6-11(9-17)15(19)20)13-12-4-2-1-3-10(12)5-7-16-13;;/h1-5,7,11H,6,8-9H2,(H,19,20);2*1H. The van der Waals surface area contributed by atoms with Crippen LogP contribution in [0.4, 0.5) is 0 Å². The van der Waals surface area contributed by atoms with Gasteiger partial charge in [-0.05, 0) is 17.9 Å². The lowest BCUT2D eigenvalue weighted by atomic mass is 10.1. The number of carboxylic acids is 1. The maximum atomic E-state index is 12.5. The molecule has 1 atom stereocenters. The van der Waals surface area contributed by atoms with Gasteiger partial charge in [0.2, 0.25) is 0 Å². The molecule has 0 aliphatic carbocycles. The summed E-state index contributed by atoms with van der Waals surface area (Å²) in [6.07, 6.45) is 2.12. The molecule has 0 saturated carbocycles. The van der Waals surface area contributed by atoms with Gasteiger partial charge in [0.05, 0.1) is 5.92 Å². The Morgan fingerprint density at radius 1 is 1.18 bits per heavy atom. The Bertz CT molecular complexity index is 688. The van der Waals surface area contributed by atoms with E-state index in [1.807, 2.05) is 30.3 Å². The summed E-state index contributed by atoms with van der Waals surface area (Å²) in [6.45, 7) is 0.736. The first-order valence-electron chi connectivity index (χ1n) is 6.52. The molecule has 3 rings (SSSR count). The van der Waals surface area contributed by atoms with Gasteiger partial charge in [-0.3, -0.25) is 14.6 Å². The van der Waals surface area contributed by atoms with Gasteiger partial charge < -0.3 is 10.0 Å². The van der Waals surface area contributed by atoms with Crippen LogP contribution in [-0.4, -0.2) is 40.0 Å². The molecule has 1 amide bonds. The summed E-state index contributed by atoms with van der Waals surface area (Å²) < 4.78 is 0. The molecule has 1 aromatic carbocycles. The van der Waals surface area contributed by atoms with Gasteiger partial charge in [0, 0.05) is 24.7 Å². The molecule has 1 unspecified atom stereocenters. The molecule has 2 heterocycles. The number of nitrogens with zero attached hydrogens (tertiary/aromatic N) is 2. The summed E-state index contributed by atoms with van der Waals surface area (Å²) in [7, 11) is 0. The Kier molecular flexibility index (Phi) is 6.14. The Balaban J connectivity index is 0.00000121. The quantitative estimate of drug-likeness (QED) is 0.910. The number of rotatable bonds is 2. The molecule has 0 radical (unpaired) electrons. The van der Waals surface area contributed by atoms with Crippen LogP contribution in [0.5, 0.6) is 0 Å². The lowest BCUT2D eigenvalue weighted by Gasteiger charge is -2.16. The van der Waals surface area contributed by atoms with Crippen molar-refractivity contribution in [3.63, 3.8) is 0 Å². The third-order valence-corrected chi connectivity index (χ3v) is 3.70. The van der Waals surface area contributed by atoms with Crippen molar-refractivity contribution in [3.8, 4) is 0 Å². The van der Waals surface area contributed by atoms with Crippen LogP contribution < -0.4 is 0 Å². The summed E-state index contributed by atoms with van der Waals surface area (Å²) in [5.74, 6) is -1.49. The second-order valence-electron chi connectivity index (χ2n) is 4.96. The van der Waals surface area contributed by atoms with Crippen LogP contribution in [0.25, 0.3) is 10.8 Å². The molecule has 0 bridgehead atoms. The highest BCUT2D eigenvalue weighted by molar-refractivity contribution is 6.05. The van der Waals surface area contributed by atoms with Gasteiger partial charge in [-0.1, -0.05) is 24.3 Å². The molecule has 1 aliphatic heterocycles. The zero-order chi connectivity index (χ0) is 14.1. The molecule has 1 aromatic heterocycles. The Hall–Kier alpha value is -1.85. The number of carbonyl (C=O) groups is 2. The number of amides is 1. The SMILES string of the molecule is Cl.Cl.O=C(O)C1CCN(C(=O)c2nccc3ccccc23)C1. The van der Waals surface area contributed by atoms with Crippen LogP contribution in [0.15, 0.2) is 36.5 Å². The minimum atomic E-state index is -0.842.